The Kier molecular flexibility index (Phi) is 3.06. The molecule has 0 aliphatic carbocycles. The molecule has 0 aromatic carbocycles. The van der Waals surface area contributed by atoms with Crippen LogP contribution in [0.2, 0.25) is 0 Å². The van der Waals surface area contributed by atoms with E-state index >= 15 is 0 Å². The van der Waals surface area contributed by atoms with Gasteiger partial charge in [0.1, 0.15) is 0 Å². The van der Waals surface area contributed by atoms with Gasteiger partial charge < -0.3 is 14.4 Å². The van der Waals surface area contributed by atoms with Gasteiger partial charge in [-0.15, -0.1) is 0 Å². The van der Waals surface area contributed by atoms with Crippen LogP contribution in [-0.2, 0) is 11.2 Å². The van der Waals surface area contributed by atoms with Gasteiger partial charge in [-0.3, -0.25) is 4.79 Å². The number of carbonyl (C=O) groups excluding carboxylic acids is 1. The minimum absolute atomic E-state index is 0.114. The standard InChI is InChI=1S/C11H15NO3/c13-10-1-4-12(5-2-10)11(14)7-9-3-6-15-8-9/h3,6,8,10,13H,1-2,4-5,7H2. The summed E-state index contributed by atoms with van der Waals surface area (Å²) in [6.07, 6.45) is 4.71. The van der Waals surface area contributed by atoms with Gasteiger partial charge in [0.25, 0.3) is 0 Å². The summed E-state index contributed by atoms with van der Waals surface area (Å²) in [5, 5.41) is 9.31. The van der Waals surface area contributed by atoms with Crippen molar-refractivity contribution in [2.45, 2.75) is 25.4 Å². The molecule has 0 atom stereocenters. The topological polar surface area (TPSA) is 53.7 Å². The van der Waals surface area contributed by atoms with E-state index in [0.717, 1.165) is 5.56 Å². The molecule has 2 heterocycles. The van der Waals surface area contributed by atoms with E-state index in [1.807, 2.05) is 0 Å². The smallest absolute Gasteiger partial charge is 0.227 e. The number of carbonyl (C=O) groups is 1. The Hall–Kier alpha value is -1.29. The summed E-state index contributed by atoms with van der Waals surface area (Å²) in [6, 6.07) is 1.80. The van der Waals surface area contributed by atoms with Crippen LogP contribution in [0.4, 0.5) is 0 Å². The van der Waals surface area contributed by atoms with E-state index in [4.69, 9.17) is 4.42 Å². The number of nitrogens with zero attached hydrogens (tertiary/aromatic N) is 1. The first-order chi connectivity index (χ1) is 7.25. The maximum atomic E-state index is 11.8. The summed E-state index contributed by atoms with van der Waals surface area (Å²) in [4.78, 5) is 13.6. The number of aliphatic hydroxyl groups excluding tert-OH is 1. The Morgan fingerprint density at radius 3 is 2.87 bits per heavy atom. The fraction of sp³-hybridized carbons (Fsp3) is 0.545. The minimum Gasteiger partial charge on any atom is -0.472 e. The van der Waals surface area contributed by atoms with E-state index in [2.05, 4.69) is 0 Å². The average molecular weight is 209 g/mol. The molecule has 1 aliphatic rings. The zero-order valence-corrected chi connectivity index (χ0v) is 8.56. The first kappa shape index (κ1) is 10.2. The SMILES string of the molecule is O=C(Cc1ccoc1)N1CCC(O)CC1. The molecule has 2 rings (SSSR count). The molecule has 1 aromatic heterocycles. The fourth-order valence-corrected chi connectivity index (χ4v) is 1.79. The third-order valence-corrected chi connectivity index (χ3v) is 2.75. The molecule has 1 aromatic rings. The molecule has 4 nitrogen and oxygen atoms in total. The van der Waals surface area contributed by atoms with Crippen molar-refractivity contribution in [3.05, 3.63) is 24.2 Å². The molecular formula is C11H15NO3. The molecule has 0 spiro atoms. The average Bonchev–Trinajstić information content (AvgIpc) is 2.71. The highest BCUT2D eigenvalue weighted by molar-refractivity contribution is 5.78. The van der Waals surface area contributed by atoms with Crippen molar-refractivity contribution >= 4 is 5.91 Å². The summed E-state index contributed by atoms with van der Waals surface area (Å²) >= 11 is 0. The molecule has 0 bridgehead atoms. The molecule has 1 saturated heterocycles. The normalized spacial score (nSPS) is 18.1. The maximum absolute atomic E-state index is 11.8. The van der Waals surface area contributed by atoms with Crippen molar-refractivity contribution in [2.75, 3.05) is 13.1 Å². The third-order valence-electron chi connectivity index (χ3n) is 2.75. The van der Waals surface area contributed by atoms with Crippen LogP contribution < -0.4 is 0 Å². The van der Waals surface area contributed by atoms with Crippen LogP contribution in [0.25, 0.3) is 0 Å². The Balaban J connectivity index is 1.86. The zero-order valence-electron chi connectivity index (χ0n) is 8.56. The summed E-state index contributed by atoms with van der Waals surface area (Å²) < 4.78 is 4.91. The lowest BCUT2D eigenvalue weighted by Gasteiger charge is -2.29. The van der Waals surface area contributed by atoms with Crippen LogP contribution in [0.15, 0.2) is 23.0 Å². The summed E-state index contributed by atoms with van der Waals surface area (Å²) in [7, 11) is 0. The van der Waals surface area contributed by atoms with Crippen molar-refractivity contribution in [3.63, 3.8) is 0 Å². The van der Waals surface area contributed by atoms with Gasteiger partial charge in [0.2, 0.25) is 5.91 Å². The summed E-state index contributed by atoms with van der Waals surface area (Å²) in [5.41, 5.74) is 0.908. The first-order valence-corrected chi connectivity index (χ1v) is 5.22. The highest BCUT2D eigenvalue weighted by Gasteiger charge is 2.21. The van der Waals surface area contributed by atoms with E-state index < -0.39 is 0 Å². The zero-order chi connectivity index (χ0) is 10.7. The van der Waals surface area contributed by atoms with E-state index in [0.29, 0.717) is 32.4 Å². The van der Waals surface area contributed by atoms with Gasteiger partial charge in [0, 0.05) is 13.1 Å². The van der Waals surface area contributed by atoms with Crippen LogP contribution in [0, 0.1) is 0 Å². The number of likely N-dealkylation sites (tertiary alicyclic amines) is 1. The maximum Gasteiger partial charge on any atom is 0.227 e. The van der Waals surface area contributed by atoms with Crippen molar-refractivity contribution in [2.24, 2.45) is 0 Å². The quantitative estimate of drug-likeness (QED) is 0.784. The molecule has 4 heteroatoms. The lowest BCUT2D eigenvalue weighted by Crippen LogP contribution is -2.40. The molecule has 15 heavy (non-hydrogen) atoms. The largest absolute Gasteiger partial charge is 0.472 e. The highest BCUT2D eigenvalue weighted by atomic mass is 16.3. The van der Waals surface area contributed by atoms with Crippen LogP contribution in [0.1, 0.15) is 18.4 Å². The van der Waals surface area contributed by atoms with E-state index in [1.54, 1.807) is 23.5 Å². The van der Waals surface area contributed by atoms with Gasteiger partial charge in [-0.05, 0) is 24.5 Å². The Morgan fingerprint density at radius 2 is 2.27 bits per heavy atom. The van der Waals surface area contributed by atoms with Gasteiger partial charge in [-0.25, -0.2) is 0 Å². The monoisotopic (exact) mass is 209 g/mol. The number of rotatable bonds is 2. The second kappa shape index (κ2) is 4.49. The minimum atomic E-state index is -0.233. The molecule has 1 aliphatic heterocycles. The molecule has 1 amide bonds. The number of amides is 1. The van der Waals surface area contributed by atoms with Gasteiger partial charge in [0.15, 0.2) is 0 Å². The van der Waals surface area contributed by atoms with Gasteiger partial charge >= 0.3 is 0 Å². The Labute approximate surface area is 88.5 Å². The van der Waals surface area contributed by atoms with Crippen molar-refractivity contribution in [3.8, 4) is 0 Å². The number of furan rings is 1. The molecule has 1 N–H and O–H groups in total. The molecule has 0 unspecified atom stereocenters. The Bertz CT molecular complexity index is 313. The van der Waals surface area contributed by atoms with Crippen molar-refractivity contribution in [1.29, 1.82) is 0 Å². The predicted molar refractivity (Wildman–Crippen MR) is 54.2 cm³/mol. The highest BCUT2D eigenvalue weighted by Crippen LogP contribution is 2.12. The molecule has 0 saturated carbocycles. The first-order valence-electron chi connectivity index (χ1n) is 5.22. The fourth-order valence-electron chi connectivity index (χ4n) is 1.79. The molecule has 1 fully saturated rings. The van der Waals surface area contributed by atoms with Gasteiger partial charge in [-0.2, -0.15) is 0 Å². The Morgan fingerprint density at radius 1 is 1.53 bits per heavy atom. The van der Waals surface area contributed by atoms with Crippen LogP contribution in [-0.4, -0.2) is 35.1 Å². The van der Waals surface area contributed by atoms with E-state index in [9.17, 15) is 9.90 Å². The summed E-state index contributed by atoms with van der Waals surface area (Å²) in [5.74, 6) is 0.114. The van der Waals surface area contributed by atoms with E-state index in [1.165, 1.54) is 0 Å². The lowest BCUT2D eigenvalue weighted by atomic mass is 10.1. The second-order valence-electron chi connectivity index (χ2n) is 3.92. The van der Waals surface area contributed by atoms with Crippen LogP contribution in [0.5, 0.6) is 0 Å². The van der Waals surface area contributed by atoms with E-state index in [-0.39, 0.29) is 12.0 Å². The number of hydrogen-bond donors (Lipinski definition) is 1. The van der Waals surface area contributed by atoms with Gasteiger partial charge in [0.05, 0.1) is 25.1 Å². The predicted octanol–water partition coefficient (Wildman–Crippen LogP) is 0.805. The third kappa shape index (κ3) is 2.59. The lowest BCUT2D eigenvalue weighted by molar-refractivity contribution is -0.132. The number of piperidine rings is 1. The molecule has 82 valence electrons. The number of hydrogen-bond acceptors (Lipinski definition) is 3. The molecule has 0 radical (unpaired) electrons. The van der Waals surface area contributed by atoms with Crippen molar-refractivity contribution in [1.82, 2.24) is 4.90 Å². The molecular weight excluding hydrogens is 194 g/mol. The van der Waals surface area contributed by atoms with Gasteiger partial charge in [-0.1, -0.05) is 0 Å². The summed E-state index contributed by atoms with van der Waals surface area (Å²) in [6.45, 7) is 1.33. The number of aliphatic hydroxyl groups is 1. The van der Waals surface area contributed by atoms with Crippen LogP contribution >= 0.6 is 0 Å². The second-order valence-corrected chi connectivity index (χ2v) is 3.92. The van der Waals surface area contributed by atoms with Crippen molar-refractivity contribution < 1.29 is 14.3 Å². The van der Waals surface area contributed by atoms with Crippen LogP contribution in [0.3, 0.4) is 0 Å².